The lowest BCUT2D eigenvalue weighted by molar-refractivity contribution is -0.162. The zero-order valence-corrected chi connectivity index (χ0v) is 25.9. The molecule has 2 aromatic rings. The third-order valence-electron chi connectivity index (χ3n) is 8.52. The Kier molecular flexibility index (Phi) is 11.9. The number of hydrogen-bond acceptors (Lipinski definition) is 4. The first-order valence-corrected chi connectivity index (χ1v) is 15.7. The van der Waals surface area contributed by atoms with Crippen LogP contribution in [-0.4, -0.2) is 22.5 Å². The van der Waals surface area contributed by atoms with E-state index in [1.54, 1.807) is 0 Å². The average Bonchev–Trinajstić information content (AvgIpc) is 2.96. The molecule has 4 nitrogen and oxygen atoms in total. The van der Waals surface area contributed by atoms with E-state index >= 15 is 0 Å². The summed E-state index contributed by atoms with van der Waals surface area (Å²) in [6.45, 7) is 10.3. The summed E-state index contributed by atoms with van der Waals surface area (Å²) in [6, 6.07) is 19.4. The van der Waals surface area contributed by atoms with Crippen LogP contribution in [-0.2, 0) is 9.53 Å². The maximum Gasteiger partial charge on any atom is 0.329 e. The summed E-state index contributed by atoms with van der Waals surface area (Å²) in [5.74, 6) is 0.736. The molecule has 0 radical (unpaired) electrons. The number of hydrogen-bond donors (Lipinski definition) is 0. The molecule has 1 unspecified atom stereocenters. The Balaban J connectivity index is 1.56. The maximum absolute atomic E-state index is 13.1. The van der Waals surface area contributed by atoms with E-state index in [0.29, 0.717) is 25.2 Å². The Bertz CT molecular complexity index is 1100. The number of esters is 1. The number of benzene rings is 2. The van der Waals surface area contributed by atoms with E-state index in [9.17, 15) is 10.1 Å². The van der Waals surface area contributed by atoms with E-state index in [-0.39, 0.29) is 12.0 Å². The highest BCUT2D eigenvalue weighted by molar-refractivity contribution is 6.34. The smallest absolute Gasteiger partial charge is 0.329 e. The summed E-state index contributed by atoms with van der Waals surface area (Å²) >= 11 is 6.72. The van der Waals surface area contributed by atoms with E-state index < -0.39 is 16.4 Å². The van der Waals surface area contributed by atoms with Crippen molar-refractivity contribution in [3.8, 4) is 22.9 Å². The predicted molar refractivity (Wildman–Crippen MR) is 165 cm³/mol. The number of halogens is 1. The van der Waals surface area contributed by atoms with Gasteiger partial charge in [0.05, 0.1) is 6.10 Å². The predicted octanol–water partition coefficient (Wildman–Crippen LogP) is 9.99. The third-order valence-corrected chi connectivity index (χ3v) is 9.30. The van der Waals surface area contributed by atoms with Gasteiger partial charge in [0.25, 0.3) is 0 Å². The number of rotatable bonds is 14. The number of carbonyl (C=O) groups is 1. The molecule has 0 N–H and O–H groups in total. The van der Waals surface area contributed by atoms with Crippen molar-refractivity contribution in [3.63, 3.8) is 0 Å². The number of alkyl halides is 1. The van der Waals surface area contributed by atoms with Crippen LogP contribution in [0.15, 0.2) is 48.5 Å². The Morgan fingerprint density at radius 2 is 1.57 bits per heavy atom. The number of nitriles is 1. The van der Waals surface area contributed by atoms with Crippen molar-refractivity contribution in [2.45, 2.75) is 128 Å². The van der Waals surface area contributed by atoms with Gasteiger partial charge in [-0.25, -0.2) is 0 Å². The van der Waals surface area contributed by atoms with Gasteiger partial charge in [-0.2, -0.15) is 5.26 Å². The normalized spacial score (nSPS) is 21.3. The Morgan fingerprint density at radius 1 is 0.975 bits per heavy atom. The van der Waals surface area contributed by atoms with Crippen molar-refractivity contribution in [2.24, 2.45) is 5.92 Å². The maximum atomic E-state index is 13.1. The molecule has 218 valence electrons. The molecule has 0 aliphatic heterocycles. The van der Waals surface area contributed by atoms with E-state index in [1.165, 1.54) is 36.8 Å². The molecule has 3 rings (SSSR count). The summed E-state index contributed by atoms with van der Waals surface area (Å²) in [4.78, 5) is 12.0. The highest BCUT2D eigenvalue weighted by Crippen LogP contribution is 2.42. The van der Waals surface area contributed by atoms with Crippen LogP contribution in [0, 0.1) is 17.2 Å². The van der Waals surface area contributed by atoms with E-state index in [1.807, 2.05) is 20.8 Å². The van der Waals surface area contributed by atoms with Crippen LogP contribution in [0.1, 0.15) is 117 Å². The van der Waals surface area contributed by atoms with Gasteiger partial charge >= 0.3 is 5.97 Å². The monoisotopic (exact) mass is 565 g/mol. The first-order chi connectivity index (χ1) is 19.2. The van der Waals surface area contributed by atoms with Crippen LogP contribution in [0.3, 0.4) is 0 Å². The zero-order chi connectivity index (χ0) is 29.2. The number of unbranched alkanes of at least 4 members (excludes halogenated alkanes) is 3. The third kappa shape index (κ3) is 8.26. The topological polar surface area (TPSA) is 59.3 Å². The SMILES string of the molecule is CCCCCC[C@@H](C)Oc1ccc(-c2ccc([C@H]3CC[C@@](C#N)(OC(=O)C(Cl)(CCC)C(C)C)CC3)cc2)cc1. The van der Waals surface area contributed by atoms with E-state index in [0.717, 1.165) is 37.0 Å². The second kappa shape index (κ2) is 14.9. The summed E-state index contributed by atoms with van der Waals surface area (Å²) in [7, 11) is 0. The molecule has 0 bridgehead atoms. The lowest BCUT2D eigenvalue weighted by atomic mass is 9.76. The number of nitrogens with zero attached hydrogens (tertiary/aromatic N) is 1. The lowest BCUT2D eigenvalue weighted by Crippen LogP contribution is -2.46. The van der Waals surface area contributed by atoms with Gasteiger partial charge in [0, 0.05) is 12.8 Å². The summed E-state index contributed by atoms with van der Waals surface area (Å²) < 4.78 is 12.0. The van der Waals surface area contributed by atoms with Crippen molar-refractivity contribution in [3.05, 3.63) is 54.1 Å². The van der Waals surface area contributed by atoms with Gasteiger partial charge in [-0.15, -0.1) is 11.6 Å². The molecule has 0 aromatic heterocycles. The molecular weight excluding hydrogens is 518 g/mol. The number of carbonyl (C=O) groups excluding carboxylic acids is 1. The first kappa shape index (κ1) is 32.0. The number of ether oxygens (including phenoxy) is 2. The van der Waals surface area contributed by atoms with E-state index in [2.05, 4.69) is 68.4 Å². The van der Waals surface area contributed by atoms with Gasteiger partial charge in [0.15, 0.2) is 5.60 Å². The molecule has 1 saturated carbocycles. The van der Waals surface area contributed by atoms with Crippen LogP contribution in [0.4, 0.5) is 0 Å². The molecule has 0 heterocycles. The molecule has 0 spiro atoms. The Morgan fingerprint density at radius 3 is 2.10 bits per heavy atom. The molecule has 1 fully saturated rings. The van der Waals surface area contributed by atoms with Crippen LogP contribution in [0.2, 0.25) is 0 Å². The van der Waals surface area contributed by atoms with Gasteiger partial charge < -0.3 is 9.47 Å². The molecule has 1 aliphatic rings. The van der Waals surface area contributed by atoms with Crippen LogP contribution in [0.25, 0.3) is 11.1 Å². The zero-order valence-electron chi connectivity index (χ0n) is 25.2. The summed E-state index contributed by atoms with van der Waals surface area (Å²) in [6.07, 6.45) is 10.3. The van der Waals surface area contributed by atoms with Gasteiger partial charge in [0.1, 0.15) is 16.7 Å². The minimum Gasteiger partial charge on any atom is -0.491 e. The fourth-order valence-electron chi connectivity index (χ4n) is 5.73. The lowest BCUT2D eigenvalue weighted by Gasteiger charge is -2.38. The van der Waals surface area contributed by atoms with Gasteiger partial charge in [-0.3, -0.25) is 4.79 Å². The molecule has 40 heavy (non-hydrogen) atoms. The van der Waals surface area contributed by atoms with Gasteiger partial charge in [-0.1, -0.05) is 89.8 Å². The van der Waals surface area contributed by atoms with Crippen molar-refractivity contribution in [2.75, 3.05) is 0 Å². The molecular formula is C35H48ClNO3. The van der Waals surface area contributed by atoms with Crippen LogP contribution in [0.5, 0.6) is 5.75 Å². The fraction of sp³-hybridized carbons (Fsp3) is 0.600. The minimum absolute atomic E-state index is 0.0696. The van der Waals surface area contributed by atoms with Crippen molar-refractivity contribution in [1.29, 1.82) is 5.26 Å². The largest absolute Gasteiger partial charge is 0.491 e. The molecule has 0 saturated heterocycles. The summed E-state index contributed by atoms with van der Waals surface area (Å²) in [5.41, 5.74) is 2.50. The fourth-order valence-corrected chi connectivity index (χ4v) is 5.96. The standard InChI is InChI=1S/C35H48ClNO3/c1-6-8-9-10-11-27(5)39-32-18-16-30(17-19-32)28-12-14-29(15-13-28)31-20-23-34(25-37,24-21-31)40-33(38)35(36,22-7-2)26(3)4/h12-19,26-27,31H,6-11,20-24H2,1-5H3/t27-,31-,34+,35?/m1/s1. The minimum atomic E-state index is -1.09. The van der Waals surface area contributed by atoms with Crippen LogP contribution >= 0.6 is 11.6 Å². The molecule has 0 amide bonds. The summed E-state index contributed by atoms with van der Waals surface area (Å²) in [5, 5.41) is 9.99. The van der Waals surface area contributed by atoms with Crippen molar-refractivity contribution in [1.82, 2.24) is 0 Å². The highest BCUT2D eigenvalue weighted by atomic mass is 35.5. The second-order valence-corrected chi connectivity index (χ2v) is 12.6. The van der Waals surface area contributed by atoms with Crippen LogP contribution < -0.4 is 4.74 Å². The molecule has 2 aromatic carbocycles. The van der Waals surface area contributed by atoms with Gasteiger partial charge in [-0.05, 0) is 79.7 Å². The van der Waals surface area contributed by atoms with E-state index in [4.69, 9.17) is 21.1 Å². The second-order valence-electron chi connectivity index (χ2n) is 12.0. The quantitative estimate of drug-likeness (QED) is 0.130. The van der Waals surface area contributed by atoms with Gasteiger partial charge in [0.2, 0.25) is 0 Å². The average molecular weight is 566 g/mol. The highest BCUT2D eigenvalue weighted by Gasteiger charge is 2.46. The first-order valence-electron chi connectivity index (χ1n) is 15.4. The molecule has 5 heteroatoms. The molecule has 1 aliphatic carbocycles. The van der Waals surface area contributed by atoms with Crippen molar-refractivity contribution >= 4 is 17.6 Å². The molecule has 2 atom stereocenters. The Hall–Kier alpha value is -2.51. The Labute approximate surface area is 247 Å². The van der Waals surface area contributed by atoms with Crippen molar-refractivity contribution < 1.29 is 14.3 Å².